The van der Waals surface area contributed by atoms with Crippen LogP contribution in [0, 0.1) is 0 Å². The molecule has 1 atom stereocenters. The number of aromatic nitrogens is 2. The Kier molecular flexibility index (Phi) is 8.76. The molecule has 10 heteroatoms. The highest BCUT2D eigenvalue weighted by Gasteiger charge is 2.24. The van der Waals surface area contributed by atoms with Crippen LogP contribution in [-0.4, -0.2) is 72.4 Å². The molecule has 1 fully saturated rings. The van der Waals surface area contributed by atoms with Gasteiger partial charge in [0.05, 0.1) is 17.6 Å². The van der Waals surface area contributed by atoms with Crippen LogP contribution in [0.2, 0.25) is 0 Å². The van der Waals surface area contributed by atoms with Crippen LogP contribution in [0.25, 0.3) is 22.4 Å². The third kappa shape index (κ3) is 6.87. The zero-order valence-electron chi connectivity index (χ0n) is 20.7. The molecule has 194 valence electrons. The molecule has 0 amide bonds. The van der Waals surface area contributed by atoms with Crippen molar-refractivity contribution in [3.63, 3.8) is 0 Å². The number of fused-ring (bicyclic) bond motifs is 1. The van der Waals surface area contributed by atoms with Gasteiger partial charge in [0.15, 0.2) is 24.8 Å². The second kappa shape index (κ2) is 12.4. The van der Waals surface area contributed by atoms with Crippen LogP contribution >= 0.6 is 0 Å². The molecule has 0 aliphatic carbocycles. The van der Waals surface area contributed by atoms with Crippen LogP contribution in [0.5, 0.6) is 0 Å². The summed E-state index contributed by atoms with van der Waals surface area (Å²) in [7, 11) is 0. The van der Waals surface area contributed by atoms with Crippen molar-refractivity contribution >= 4 is 34.5 Å². The van der Waals surface area contributed by atoms with E-state index < -0.39 is 11.9 Å². The lowest BCUT2D eigenvalue weighted by Crippen LogP contribution is -2.33. The van der Waals surface area contributed by atoms with Crippen molar-refractivity contribution in [3.8, 4) is 11.4 Å². The van der Waals surface area contributed by atoms with Gasteiger partial charge in [0.2, 0.25) is 0 Å². The smallest absolute Gasteiger partial charge is 0.323 e. The molecule has 1 unspecified atom stereocenters. The Morgan fingerprint density at radius 1 is 1.00 bits per heavy atom. The number of hydrogen-bond acceptors (Lipinski definition) is 9. The highest BCUT2D eigenvalue weighted by Crippen LogP contribution is 2.22. The molecule has 4 rings (SSSR count). The quantitative estimate of drug-likeness (QED) is 0.192. The molecule has 2 aromatic carbocycles. The summed E-state index contributed by atoms with van der Waals surface area (Å²) in [6.07, 6.45) is 2.53. The van der Waals surface area contributed by atoms with Crippen molar-refractivity contribution in [1.82, 2.24) is 20.6 Å². The van der Waals surface area contributed by atoms with Gasteiger partial charge in [-0.15, -0.1) is 0 Å². The molecule has 0 spiro atoms. The number of rotatable bonds is 12. The van der Waals surface area contributed by atoms with E-state index in [2.05, 4.69) is 20.6 Å². The summed E-state index contributed by atoms with van der Waals surface area (Å²) in [5, 5.41) is 5.98. The normalized spacial score (nSPS) is 15.0. The van der Waals surface area contributed by atoms with E-state index in [9.17, 15) is 19.2 Å². The molecule has 1 aliphatic rings. The SMILES string of the molecule is CCCNCC(=O)OCC(=O)c1ccc(-c2nc3ccc(C(=O)COC(=O)C4CCCN4)cc3[nH]2)cc1. The minimum absolute atomic E-state index is 0.0719. The van der Waals surface area contributed by atoms with Crippen LogP contribution in [0.3, 0.4) is 0 Å². The number of esters is 2. The Hall–Kier alpha value is -3.89. The molecule has 0 bridgehead atoms. The number of H-pyrrole nitrogens is 1. The van der Waals surface area contributed by atoms with Crippen molar-refractivity contribution < 1.29 is 28.7 Å². The number of carbonyl (C=O) groups is 4. The predicted molar refractivity (Wildman–Crippen MR) is 136 cm³/mol. The number of benzene rings is 2. The predicted octanol–water partition coefficient (Wildman–Crippen LogP) is 2.43. The van der Waals surface area contributed by atoms with Crippen LogP contribution in [0.4, 0.5) is 0 Å². The standard InChI is InChI=1S/C27H30N4O6/c1-2-11-28-14-25(34)36-15-23(32)17-5-7-18(8-6-17)26-30-20-10-9-19(13-22(20)31-26)24(33)16-37-27(35)21-4-3-12-29-21/h5-10,13,21,28-29H,2-4,11-12,14-16H2,1H3,(H,30,31). The van der Waals surface area contributed by atoms with Crippen LogP contribution in [0.15, 0.2) is 42.5 Å². The van der Waals surface area contributed by atoms with E-state index in [1.165, 1.54) is 0 Å². The van der Waals surface area contributed by atoms with Crippen molar-refractivity contribution in [2.45, 2.75) is 32.2 Å². The van der Waals surface area contributed by atoms with Crippen LogP contribution < -0.4 is 10.6 Å². The van der Waals surface area contributed by atoms with Gasteiger partial charge < -0.3 is 25.1 Å². The fourth-order valence-electron chi connectivity index (χ4n) is 3.99. The Labute approximate surface area is 214 Å². The van der Waals surface area contributed by atoms with Crippen molar-refractivity contribution in [3.05, 3.63) is 53.6 Å². The highest BCUT2D eigenvalue weighted by molar-refractivity contribution is 6.01. The lowest BCUT2D eigenvalue weighted by molar-refractivity contribution is -0.144. The minimum atomic E-state index is -0.470. The number of nitrogens with zero attached hydrogens (tertiary/aromatic N) is 1. The van der Waals surface area contributed by atoms with E-state index in [4.69, 9.17) is 9.47 Å². The Morgan fingerprint density at radius 2 is 1.73 bits per heavy atom. The van der Waals surface area contributed by atoms with E-state index >= 15 is 0 Å². The van der Waals surface area contributed by atoms with Crippen LogP contribution in [0.1, 0.15) is 46.9 Å². The van der Waals surface area contributed by atoms with Gasteiger partial charge in [-0.05, 0) is 50.6 Å². The molecule has 1 aromatic heterocycles. The first-order chi connectivity index (χ1) is 17.9. The molecule has 10 nitrogen and oxygen atoms in total. The lowest BCUT2D eigenvalue weighted by atomic mass is 10.1. The van der Waals surface area contributed by atoms with E-state index in [1.54, 1.807) is 42.5 Å². The molecular weight excluding hydrogens is 476 g/mol. The fraction of sp³-hybridized carbons (Fsp3) is 0.370. The largest absolute Gasteiger partial charge is 0.456 e. The lowest BCUT2D eigenvalue weighted by Gasteiger charge is -2.09. The number of carbonyl (C=O) groups excluding carboxylic acids is 4. The van der Waals surface area contributed by atoms with Crippen molar-refractivity contribution in [2.24, 2.45) is 0 Å². The average Bonchev–Trinajstić information content (AvgIpc) is 3.60. The van der Waals surface area contributed by atoms with Crippen molar-refractivity contribution in [1.29, 1.82) is 0 Å². The monoisotopic (exact) mass is 506 g/mol. The molecule has 0 saturated carbocycles. The second-order valence-corrected chi connectivity index (χ2v) is 8.84. The Morgan fingerprint density at radius 3 is 2.46 bits per heavy atom. The van der Waals surface area contributed by atoms with Gasteiger partial charge in [-0.2, -0.15) is 0 Å². The summed E-state index contributed by atoms with van der Waals surface area (Å²) in [5.74, 6) is -0.894. The first-order valence-corrected chi connectivity index (χ1v) is 12.4. The van der Waals surface area contributed by atoms with Gasteiger partial charge in [-0.1, -0.05) is 31.2 Å². The molecule has 1 aliphatic heterocycles. The molecule has 3 N–H and O–H groups in total. The molecular formula is C27H30N4O6. The molecule has 3 aromatic rings. The Bertz CT molecular complexity index is 1280. The summed E-state index contributed by atoms with van der Waals surface area (Å²) >= 11 is 0. The minimum Gasteiger partial charge on any atom is -0.456 e. The first kappa shape index (κ1) is 26.2. The maximum Gasteiger partial charge on any atom is 0.323 e. The fourth-order valence-corrected chi connectivity index (χ4v) is 3.99. The summed E-state index contributed by atoms with van der Waals surface area (Å²) in [4.78, 5) is 56.4. The van der Waals surface area contributed by atoms with Gasteiger partial charge in [-0.25, -0.2) is 4.98 Å². The highest BCUT2D eigenvalue weighted by atomic mass is 16.5. The third-order valence-electron chi connectivity index (χ3n) is 6.03. The summed E-state index contributed by atoms with van der Waals surface area (Å²) in [6.45, 7) is 2.91. The molecule has 2 heterocycles. The topological polar surface area (TPSA) is 139 Å². The number of ether oxygens (including phenoxy) is 2. The van der Waals surface area contributed by atoms with Crippen molar-refractivity contribution in [2.75, 3.05) is 32.8 Å². The number of ketones is 2. The zero-order chi connectivity index (χ0) is 26.2. The number of nitrogens with one attached hydrogen (secondary N) is 3. The summed E-state index contributed by atoms with van der Waals surface area (Å²) in [5.41, 5.74) is 2.91. The maximum atomic E-state index is 12.5. The van der Waals surface area contributed by atoms with Crippen LogP contribution in [-0.2, 0) is 19.1 Å². The summed E-state index contributed by atoms with van der Waals surface area (Å²) < 4.78 is 10.2. The number of aromatic amines is 1. The first-order valence-electron chi connectivity index (χ1n) is 12.4. The maximum absolute atomic E-state index is 12.5. The molecule has 1 saturated heterocycles. The van der Waals surface area contributed by atoms with E-state index in [0.29, 0.717) is 34.5 Å². The number of imidazole rings is 1. The number of Topliss-reactive ketones (excluding diaryl/α,β-unsaturated/α-hetero) is 2. The summed E-state index contributed by atoms with van der Waals surface area (Å²) in [6, 6.07) is 11.5. The third-order valence-corrected chi connectivity index (χ3v) is 6.03. The van der Waals surface area contributed by atoms with Gasteiger partial charge in [-0.3, -0.25) is 19.2 Å². The van der Waals surface area contributed by atoms with E-state index in [-0.39, 0.29) is 37.4 Å². The molecule has 37 heavy (non-hydrogen) atoms. The number of hydrogen-bond donors (Lipinski definition) is 3. The Balaban J connectivity index is 1.35. The molecule has 0 radical (unpaired) electrons. The van der Waals surface area contributed by atoms with Gasteiger partial charge in [0, 0.05) is 16.7 Å². The zero-order valence-corrected chi connectivity index (χ0v) is 20.7. The van der Waals surface area contributed by atoms with E-state index in [0.717, 1.165) is 31.4 Å². The second-order valence-electron chi connectivity index (χ2n) is 8.84. The van der Waals surface area contributed by atoms with E-state index in [1.807, 2.05) is 6.92 Å². The average molecular weight is 507 g/mol. The van der Waals surface area contributed by atoms with Gasteiger partial charge >= 0.3 is 11.9 Å². The van der Waals surface area contributed by atoms with Gasteiger partial charge in [0.25, 0.3) is 0 Å². The van der Waals surface area contributed by atoms with Gasteiger partial charge in [0.1, 0.15) is 11.9 Å².